The fourth-order valence-electron chi connectivity index (χ4n) is 2.42. The van der Waals surface area contributed by atoms with Crippen molar-refractivity contribution >= 4 is 11.6 Å². The van der Waals surface area contributed by atoms with E-state index in [1.165, 1.54) is 5.56 Å². The zero-order valence-electron chi connectivity index (χ0n) is 12.7. The van der Waals surface area contributed by atoms with Crippen LogP contribution >= 0.6 is 11.6 Å². The minimum Gasteiger partial charge on any atom is -0.345 e. The number of unbranched alkanes of at least 4 members (excludes halogenated alkanes) is 1. The molecule has 0 saturated carbocycles. The lowest BCUT2D eigenvalue weighted by Crippen LogP contribution is -2.45. The third-order valence-corrected chi connectivity index (χ3v) is 4.04. The first-order valence-corrected chi connectivity index (χ1v) is 7.92. The molecule has 2 nitrogen and oxygen atoms in total. The number of hydrogen-bond acceptors (Lipinski definition) is 2. The van der Waals surface area contributed by atoms with Crippen molar-refractivity contribution in [1.29, 1.82) is 0 Å². The second kappa shape index (κ2) is 6.46. The standard InChI is InChI=1S/C17H25ClO2/c1-14-6-8-15(9-7-14)17(10-4-5-11-18)19-12-16(2,3)13-20-17/h6-9H,4-5,10-13H2,1-3H3. The second-order valence-corrected chi connectivity index (χ2v) is 6.88. The Labute approximate surface area is 127 Å². The molecule has 0 atom stereocenters. The van der Waals surface area contributed by atoms with Crippen LogP contribution in [0.2, 0.25) is 0 Å². The number of rotatable bonds is 5. The molecule has 1 aliphatic rings. The number of aryl methyl sites for hydroxylation is 1. The molecule has 1 aliphatic heterocycles. The molecule has 3 heteroatoms. The zero-order valence-corrected chi connectivity index (χ0v) is 13.5. The van der Waals surface area contributed by atoms with Crippen LogP contribution in [0.1, 0.15) is 44.2 Å². The number of benzene rings is 1. The summed E-state index contributed by atoms with van der Waals surface area (Å²) in [4.78, 5) is 0. The SMILES string of the molecule is Cc1ccc(C2(CCCCCl)OCC(C)(C)CO2)cc1. The highest BCUT2D eigenvalue weighted by Gasteiger charge is 2.41. The predicted octanol–water partition coefficient (Wildman–Crippen LogP) is 4.63. The third-order valence-electron chi connectivity index (χ3n) is 3.77. The van der Waals surface area contributed by atoms with Crippen LogP contribution in [0, 0.1) is 12.3 Å². The van der Waals surface area contributed by atoms with Gasteiger partial charge in [-0.05, 0) is 19.8 Å². The van der Waals surface area contributed by atoms with Crippen LogP contribution in [0.3, 0.4) is 0 Å². The fraction of sp³-hybridized carbons (Fsp3) is 0.647. The van der Waals surface area contributed by atoms with E-state index in [4.69, 9.17) is 21.1 Å². The van der Waals surface area contributed by atoms with Crippen molar-refractivity contribution in [3.8, 4) is 0 Å². The molecule has 1 aromatic rings. The Kier molecular flexibility index (Phi) is 5.11. The van der Waals surface area contributed by atoms with E-state index >= 15 is 0 Å². The van der Waals surface area contributed by atoms with Gasteiger partial charge in [-0.2, -0.15) is 0 Å². The van der Waals surface area contributed by atoms with E-state index in [1.54, 1.807) is 0 Å². The molecule has 0 unspecified atom stereocenters. The van der Waals surface area contributed by atoms with E-state index in [1.807, 2.05) is 0 Å². The van der Waals surface area contributed by atoms with Crippen molar-refractivity contribution in [3.63, 3.8) is 0 Å². The van der Waals surface area contributed by atoms with E-state index in [2.05, 4.69) is 45.0 Å². The number of ether oxygens (including phenoxy) is 2. The average Bonchev–Trinajstić information content (AvgIpc) is 2.42. The number of hydrogen-bond donors (Lipinski definition) is 0. The Bertz CT molecular complexity index is 415. The normalized spacial score (nSPS) is 20.8. The molecule has 0 aromatic heterocycles. The maximum absolute atomic E-state index is 6.19. The molecule has 112 valence electrons. The van der Waals surface area contributed by atoms with Crippen LogP contribution < -0.4 is 0 Å². The summed E-state index contributed by atoms with van der Waals surface area (Å²) in [6.45, 7) is 7.88. The van der Waals surface area contributed by atoms with Crippen molar-refractivity contribution in [1.82, 2.24) is 0 Å². The maximum Gasteiger partial charge on any atom is 0.194 e. The lowest BCUT2D eigenvalue weighted by atomic mass is 9.91. The van der Waals surface area contributed by atoms with Crippen molar-refractivity contribution < 1.29 is 9.47 Å². The lowest BCUT2D eigenvalue weighted by Gasteiger charge is -2.44. The van der Waals surface area contributed by atoms with Gasteiger partial charge < -0.3 is 9.47 Å². The molecule has 0 radical (unpaired) electrons. The lowest BCUT2D eigenvalue weighted by molar-refractivity contribution is -0.311. The topological polar surface area (TPSA) is 18.5 Å². The van der Waals surface area contributed by atoms with Gasteiger partial charge in [-0.3, -0.25) is 0 Å². The van der Waals surface area contributed by atoms with Crippen LogP contribution in [0.5, 0.6) is 0 Å². The van der Waals surface area contributed by atoms with Gasteiger partial charge in [0, 0.05) is 23.3 Å². The highest BCUT2D eigenvalue weighted by atomic mass is 35.5. The molecule has 1 fully saturated rings. The van der Waals surface area contributed by atoms with Gasteiger partial charge in [-0.15, -0.1) is 11.6 Å². The van der Waals surface area contributed by atoms with E-state index in [0.717, 1.165) is 38.0 Å². The Hall–Kier alpha value is -0.570. The summed E-state index contributed by atoms with van der Waals surface area (Å²) < 4.78 is 12.4. The number of alkyl halides is 1. The molecule has 2 rings (SSSR count). The summed E-state index contributed by atoms with van der Waals surface area (Å²) in [5.41, 5.74) is 2.45. The third kappa shape index (κ3) is 3.75. The molecule has 0 aliphatic carbocycles. The van der Waals surface area contributed by atoms with Crippen LogP contribution in [0.15, 0.2) is 24.3 Å². The number of halogens is 1. The molecular weight excluding hydrogens is 272 g/mol. The Morgan fingerprint density at radius 1 is 1.05 bits per heavy atom. The van der Waals surface area contributed by atoms with E-state index in [-0.39, 0.29) is 5.41 Å². The first kappa shape index (κ1) is 15.8. The minimum atomic E-state index is -0.588. The minimum absolute atomic E-state index is 0.0840. The fourth-order valence-corrected chi connectivity index (χ4v) is 2.61. The molecule has 1 heterocycles. The smallest absolute Gasteiger partial charge is 0.194 e. The molecule has 1 saturated heterocycles. The van der Waals surface area contributed by atoms with E-state index in [0.29, 0.717) is 5.88 Å². The monoisotopic (exact) mass is 296 g/mol. The quantitative estimate of drug-likeness (QED) is 0.582. The van der Waals surface area contributed by atoms with Gasteiger partial charge in [0.2, 0.25) is 0 Å². The first-order chi connectivity index (χ1) is 9.47. The summed E-state index contributed by atoms with van der Waals surface area (Å²) in [5.74, 6) is 0.102. The van der Waals surface area contributed by atoms with Crippen molar-refractivity contribution in [2.75, 3.05) is 19.1 Å². The van der Waals surface area contributed by atoms with Crippen LogP contribution in [-0.4, -0.2) is 19.1 Å². The highest BCUT2D eigenvalue weighted by molar-refractivity contribution is 6.17. The van der Waals surface area contributed by atoms with Crippen LogP contribution in [0.25, 0.3) is 0 Å². The maximum atomic E-state index is 6.19. The van der Waals surface area contributed by atoms with Crippen molar-refractivity contribution in [2.45, 2.75) is 45.8 Å². The Morgan fingerprint density at radius 2 is 1.65 bits per heavy atom. The zero-order chi connectivity index (χ0) is 14.6. The Balaban J connectivity index is 2.18. The van der Waals surface area contributed by atoms with Crippen LogP contribution in [-0.2, 0) is 15.3 Å². The highest BCUT2D eigenvalue weighted by Crippen LogP contribution is 2.40. The van der Waals surface area contributed by atoms with Gasteiger partial charge in [0.25, 0.3) is 0 Å². The van der Waals surface area contributed by atoms with Gasteiger partial charge >= 0.3 is 0 Å². The molecule has 0 spiro atoms. The predicted molar refractivity (Wildman–Crippen MR) is 83.1 cm³/mol. The van der Waals surface area contributed by atoms with Gasteiger partial charge in [0.15, 0.2) is 5.79 Å². The second-order valence-electron chi connectivity index (χ2n) is 6.51. The first-order valence-electron chi connectivity index (χ1n) is 7.38. The Morgan fingerprint density at radius 3 is 2.20 bits per heavy atom. The van der Waals surface area contributed by atoms with Gasteiger partial charge in [0.05, 0.1) is 13.2 Å². The van der Waals surface area contributed by atoms with E-state index in [9.17, 15) is 0 Å². The summed E-state index contributed by atoms with van der Waals surface area (Å²) in [6.07, 6.45) is 2.86. The largest absolute Gasteiger partial charge is 0.345 e. The van der Waals surface area contributed by atoms with E-state index < -0.39 is 5.79 Å². The molecule has 0 bridgehead atoms. The van der Waals surface area contributed by atoms with Crippen LogP contribution in [0.4, 0.5) is 0 Å². The van der Waals surface area contributed by atoms with Crippen molar-refractivity contribution in [2.24, 2.45) is 5.41 Å². The molecule has 1 aromatic carbocycles. The molecule has 0 amide bonds. The summed E-state index contributed by atoms with van der Waals surface area (Å²) in [7, 11) is 0. The molecule has 0 N–H and O–H groups in total. The summed E-state index contributed by atoms with van der Waals surface area (Å²) in [5, 5.41) is 0. The molecule has 20 heavy (non-hydrogen) atoms. The van der Waals surface area contributed by atoms with Crippen molar-refractivity contribution in [3.05, 3.63) is 35.4 Å². The molecular formula is C17H25ClO2. The summed E-state index contributed by atoms with van der Waals surface area (Å²) >= 11 is 5.80. The van der Waals surface area contributed by atoms with Gasteiger partial charge in [-0.1, -0.05) is 43.7 Å². The average molecular weight is 297 g/mol. The van der Waals surface area contributed by atoms with Gasteiger partial charge in [-0.25, -0.2) is 0 Å². The van der Waals surface area contributed by atoms with Gasteiger partial charge in [0.1, 0.15) is 0 Å². The summed E-state index contributed by atoms with van der Waals surface area (Å²) in [6, 6.07) is 8.47.